The average Bonchev–Trinajstić information content (AvgIpc) is 2.47. The number of carbonyl (C=O) groups excluding carboxylic acids is 4. The number of hydrogen-bond acceptors (Lipinski definition) is 6. The van der Waals surface area contributed by atoms with Crippen molar-refractivity contribution in [3.63, 3.8) is 0 Å². The van der Waals surface area contributed by atoms with E-state index in [0.29, 0.717) is 9.80 Å². The molecule has 6 amide bonds. The Morgan fingerprint density at radius 1 is 0.818 bits per heavy atom. The van der Waals surface area contributed by atoms with Gasteiger partial charge in [-0.25, -0.2) is 9.59 Å². The van der Waals surface area contributed by atoms with Crippen LogP contribution < -0.4 is 10.6 Å². The summed E-state index contributed by atoms with van der Waals surface area (Å²) >= 11 is 8.72. The Labute approximate surface area is 137 Å². The van der Waals surface area contributed by atoms with E-state index in [1.54, 1.807) is 12.1 Å². The Kier molecular flexibility index (Phi) is 6.01. The molecule has 0 spiro atoms. The maximum Gasteiger partial charge on any atom is 0.326 e. The van der Waals surface area contributed by atoms with E-state index in [4.69, 9.17) is 0 Å². The van der Waals surface area contributed by atoms with Gasteiger partial charge in [-0.3, -0.25) is 9.80 Å². The third-order valence-electron chi connectivity index (χ3n) is 2.57. The number of rotatable bonds is 2. The van der Waals surface area contributed by atoms with Gasteiger partial charge in [-0.1, -0.05) is 12.1 Å². The van der Waals surface area contributed by atoms with Crippen LogP contribution in [-0.2, 0) is 25.3 Å². The molecule has 0 heterocycles. The molecule has 0 saturated carbocycles. The number of nitrogens with zero attached hydrogens (tertiary/aromatic N) is 2. The molecule has 0 saturated heterocycles. The van der Waals surface area contributed by atoms with Crippen LogP contribution in [0, 0.1) is 0 Å². The Morgan fingerprint density at radius 2 is 1.14 bits per heavy atom. The van der Waals surface area contributed by atoms with E-state index < -0.39 is 22.5 Å². The fraction of sp³-hybridized carbons (Fsp3) is 0.167. The van der Waals surface area contributed by atoms with Crippen molar-refractivity contribution >= 4 is 59.2 Å². The topological polar surface area (TPSA) is 98.8 Å². The third kappa shape index (κ3) is 4.53. The van der Waals surface area contributed by atoms with Gasteiger partial charge in [-0.15, -0.1) is 0 Å². The highest BCUT2D eigenvalue weighted by Crippen LogP contribution is 2.21. The lowest BCUT2D eigenvalue weighted by molar-refractivity contribution is 0.215. The summed E-state index contributed by atoms with van der Waals surface area (Å²) in [6.45, 7) is 0. The SMILES string of the molecule is CN(C(=O)[S-])C(=O)Nc1ccccc1NC(=O)N(C)C(=O)[S-]. The maximum absolute atomic E-state index is 11.8. The predicted octanol–water partition coefficient (Wildman–Crippen LogP) is 1.95. The van der Waals surface area contributed by atoms with Gasteiger partial charge in [-0.2, -0.15) is 0 Å². The second-order valence-corrected chi connectivity index (χ2v) is 4.75. The highest BCUT2D eigenvalue weighted by atomic mass is 32.1. The summed E-state index contributed by atoms with van der Waals surface area (Å²) in [7, 11) is 2.44. The van der Waals surface area contributed by atoms with E-state index in [1.165, 1.54) is 26.2 Å². The number of amides is 6. The van der Waals surface area contributed by atoms with E-state index in [-0.39, 0.29) is 11.4 Å². The van der Waals surface area contributed by atoms with Gasteiger partial charge in [0.05, 0.1) is 11.4 Å². The van der Waals surface area contributed by atoms with Crippen molar-refractivity contribution in [2.24, 2.45) is 0 Å². The fourth-order valence-corrected chi connectivity index (χ4v) is 1.43. The smallest absolute Gasteiger partial charge is 0.326 e. The molecule has 1 aromatic carbocycles. The molecule has 8 nitrogen and oxygen atoms in total. The van der Waals surface area contributed by atoms with Crippen molar-refractivity contribution in [2.75, 3.05) is 24.7 Å². The van der Waals surface area contributed by atoms with Crippen molar-refractivity contribution in [1.82, 2.24) is 9.80 Å². The standard InChI is InChI=1S/C12H14N4O4S2/c1-15(11(19)21)9(17)13-7-5-3-4-6-8(7)14-10(18)16(2)12(20)22/h3-6H,1-2H3,(H,13,17)(H,14,18)(H,19,21)(H,20,22)/p-2. The van der Waals surface area contributed by atoms with Gasteiger partial charge < -0.3 is 45.5 Å². The molecule has 0 aliphatic rings. The minimum Gasteiger partial charge on any atom is -0.719 e. The molecule has 0 aromatic heterocycles. The quantitative estimate of drug-likeness (QED) is 0.799. The Bertz CT molecular complexity index is 570. The van der Waals surface area contributed by atoms with Crippen LogP contribution in [0.5, 0.6) is 0 Å². The summed E-state index contributed by atoms with van der Waals surface area (Å²) in [5, 5.41) is 3.14. The monoisotopic (exact) mass is 340 g/mol. The summed E-state index contributed by atoms with van der Waals surface area (Å²) in [4.78, 5) is 46.9. The van der Waals surface area contributed by atoms with Crippen LogP contribution in [0.3, 0.4) is 0 Å². The number of benzene rings is 1. The van der Waals surface area contributed by atoms with Gasteiger partial charge in [0, 0.05) is 14.1 Å². The molecule has 1 rings (SSSR count). The molecule has 10 heteroatoms. The van der Waals surface area contributed by atoms with E-state index >= 15 is 0 Å². The largest absolute Gasteiger partial charge is 0.719 e. The van der Waals surface area contributed by atoms with Gasteiger partial charge in [0.15, 0.2) is 0 Å². The molecule has 22 heavy (non-hydrogen) atoms. The van der Waals surface area contributed by atoms with Crippen molar-refractivity contribution in [2.45, 2.75) is 0 Å². The number of urea groups is 2. The first-order valence-corrected chi connectivity index (χ1v) is 6.66. The lowest BCUT2D eigenvalue weighted by Gasteiger charge is -2.22. The molecule has 0 radical (unpaired) electrons. The molecule has 118 valence electrons. The minimum absolute atomic E-state index is 0.231. The van der Waals surface area contributed by atoms with Crippen LogP contribution in [0.4, 0.5) is 30.6 Å². The Balaban J connectivity index is 2.91. The van der Waals surface area contributed by atoms with Crippen molar-refractivity contribution in [1.29, 1.82) is 0 Å². The van der Waals surface area contributed by atoms with Crippen LogP contribution in [0.15, 0.2) is 24.3 Å². The highest BCUT2D eigenvalue weighted by Gasteiger charge is 2.14. The lowest BCUT2D eigenvalue weighted by Crippen LogP contribution is -2.36. The summed E-state index contributed by atoms with van der Waals surface area (Å²) in [5.41, 5.74) is 0.461. The number of carbonyl (C=O) groups is 4. The highest BCUT2D eigenvalue weighted by molar-refractivity contribution is 7.77. The number of hydrogen-bond donors (Lipinski definition) is 2. The average molecular weight is 340 g/mol. The molecule has 1 aromatic rings. The summed E-state index contributed by atoms with van der Waals surface area (Å²) < 4.78 is 0. The van der Waals surface area contributed by atoms with Gasteiger partial charge in [-0.05, 0) is 12.1 Å². The Morgan fingerprint density at radius 3 is 1.41 bits per heavy atom. The van der Waals surface area contributed by atoms with Gasteiger partial charge >= 0.3 is 12.1 Å². The zero-order valence-electron chi connectivity index (χ0n) is 11.7. The molecular weight excluding hydrogens is 328 g/mol. The summed E-state index contributed by atoms with van der Waals surface area (Å²) in [5.74, 6) is 0. The van der Waals surface area contributed by atoms with Crippen molar-refractivity contribution in [3.05, 3.63) is 24.3 Å². The zero-order valence-corrected chi connectivity index (χ0v) is 13.3. The number of anilines is 2. The van der Waals surface area contributed by atoms with Gasteiger partial charge in [0.1, 0.15) is 10.5 Å². The molecule has 2 N–H and O–H groups in total. The van der Waals surface area contributed by atoms with Crippen LogP contribution in [0.1, 0.15) is 0 Å². The second-order valence-electron chi connectivity index (χ2n) is 4.06. The van der Waals surface area contributed by atoms with Crippen molar-refractivity contribution in [3.8, 4) is 0 Å². The lowest BCUT2D eigenvalue weighted by atomic mass is 10.2. The summed E-state index contributed by atoms with van der Waals surface area (Å²) in [6, 6.07) is 4.73. The van der Waals surface area contributed by atoms with E-state index in [2.05, 4.69) is 35.9 Å². The van der Waals surface area contributed by atoms with Crippen LogP contribution in [0.25, 0.3) is 0 Å². The summed E-state index contributed by atoms with van der Waals surface area (Å²) in [6.07, 6.45) is 0. The number of nitrogens with one attached hydrogen (secondary N) is 2. The van der Waals surface area contributed by atoms with Crippen LogP contribution >= 0.6 is 0 Å². The first-order valence-electron chi connectivity index (χ1n) is 5.84. The molecule has 0 aliphatic heterocycles. The molecule has 0 fully saturated rings. The van der Waals surface area contributed by atoms with E-state index in [0.717, 1.165) is 0 Å². The number of imide groups is 2. The first kappa shape index (κ1) is 17.6. The zero-order chi connectivity index (χ0) is 16.9. The maximum atomic E-state index is 11.8. The molecule has 0 bridgehead atoms. The number of para-hydroxylation sites is 2. The minimum atomic E-state index is -0.851. The Hall–Kier alpha value is -2.46. The van der Waals surface area contributed by atoms with Crippen LogP contribution in [-0.4, -0.2) is 46.4 Å². The molecule has 0 unspecified atom stereocenters. The molecular formula is C12H12N4O4S2-2. The first-order chi connectivity index (χ1) is 10.2. The van der Waals surface area contributed by atoms with Gasteiger partial charge in [0.25, 0.3) is 0 Å². The second kappa shape index (κ2) is 7.52. The normalized spacial score (nSPS) is 9.55. The van der Waals surface area contributed by atoms with Crippen LogP contribution in [0.2, 0.25) is 0 Å². The van der Waals surface area contributed by atoms with Crippen molar-refractivity contribution < 1.29 is 19.2 Å². The third-order valence-corrected chi connectivity index (χ3v) is 3.11. The van der Waals surface area contributed by atoms with E-state index in [9.17, 15) is 19.2 Å². The molecule has 0 atom stereocenters. The van der Waals surface area contributed by atoms with Gasteiger partial charge in [0.2, 0.25) is 0 Å². The fourth-order valence-electron chi connectivity index (χ4n) is 1.27. The predicted molar refractivity (Wildman–Crippen MR) is 85.5 cm³/mol. The molecule has 0 aliphatic carbocycles. The van der Waals surface area contributed by atoms with E-state index in [1.807, 2.05) is 0 Å².